The van der Waals surface area contributed by atoms with Crippen LogP contribution in [0.2, 0.25) is 0 Å². The van der Waals surface area contributed by atoms with Crippen LogP contribution in [0.1, 0.15) is 12.5 Å². The number of barbiturate groups is 1. The largest absolute Gasteiger partial charge is 0.573 e. The van der Waals surface area contributed by atoms with E-state index in [1.165, 1.54) is 43.3 Å². The number of amides is 4. The summed E-state index contributed by atoms with van der Waals surface area (Å²) >= 11 is 0. The van der Waals surface area contributed by atoms with Crippen LogP contribution in [0, 0.1) is 0 Å². The lowest BCUT2D eigenvalue weighted by atomic mass is 9.78. The molecule has 5 rings (SSSR count). The Balaban J connectivity index is 1.32. The third kappa shape index (κ3) is 6.03. The van der Waals surface area contributed by atoms with Crippen molar-refractivity contribution in [1.29, 1.82) is 0 Å². The summed E-state index contributed by atoms with van der Waals surface area (Å²) in [4.78, 5) is 53.5. The maximum Gasteiger partial charge on any atom is 0.573 e. The van der Waals surface area contributed by atoms with Gasteiger partial charge in [0.2, 0.25) is 5.54 Å². The first-order valence-electron chi connectivity index (χ1n) is 12.9. The van der Waals surface area contributed by atoms with Crippen molar-refractivity contribution in [2.24, 2.45) is 0 Å². The Hall–Kier alpha value is -4.21. The monoisotopic (exact) mass is 592 g/mol. The molecule has 0 saturated carbocycles. The predicted octanol–water partition coefficient (Wildman–Crippen LogP) is 1.89. The molecule has 2 aromatic rings. The number of rotatable bonds is 8. The summed E-state index contributed by atoms with van der Waals surface area (Å²) in [6.07, 6.45) is -4.82. The summed E-state index contributed by atoms with van der Waals surface area (Å²) in [5.74, 6) is -1.90. The molecular weight excluding hydrogens is 565 g/mol. The van der Waals surface area contributed by atoms with Gasteiger partial charge >= 0.3 is 18.4 Å². The molecule has 0 aromatic heterocycles. The molecule has 0 radical (unpaired) electrons. The number of likely N-dealkylation sites (tertiary alicyclic amines) is 1. The van der Waals surface area contributed by atoms with Gasteiger partial charge in [-0.2, -0.15) is 0 Å². The molecule has 2 aromatic carbocycles. The fourth-order valence-corrected chi connectivity index (χ4v) is 5.37. The lowest BCUT2D eigenvalue weighted by molar-refractivity contribution is -0.274. The van der Waals surface area contributed by atoms with Crippen LogP contribution in [0.3, 0.4) is 0 Å². The normalized spacial score (nSPS) is 20.3. The van der Waals surface area contributed by atoms with Gasteiger partial charge in [-0.25, -0.2) is 4.79 Å². The molecule has 1 spiro atoms. The standard InChI is InChI=1S/C27H27F3N4O8/c1-17(35)39-12-10-33-11-13-40-25(14-33)15-34(16-25)26(22(36)31-24(38)32-23(26)37)18-2-4-19(5-3-18)41-20-6-8-21(9-7-20)42-27(28,29)30/h2-9H,10-16H2,1H3,(H2,31,32,36,37,38). The van der Waals surface area contributed by atoms with Crippen molar-refractivity contribution in [3.8, 4) is 17.2 Å². The first-order valence-corrected chi connectivity index (χ1v) is 12.9. The molecule has 42 heavy (non-hydrogen) atoms. The van der Waals surface area contributed by atoms with Crippen molar-refractivity contribution in [1.82, 2.24) is 20.4 Å². The molecule has 4 amide bonds. The van der Waals surface area contributed by atoms with E-state index in [2.05, 4.69) is 20.3 Å². The van der Waals surface area contributed by atoms with Crippen LogP contribution >= 0.6 is 0 Å². The highest BCUT2D eigenvalue weighted by Crippen LogP contribution is 2.41. The van der Waals surface area contributed by atoms with Crippen molar-refractivity contribution >= 4 is 23.8 Å². The molecule has 3 heterocycles. The number of urea groups is 1. The van der Waals surface area contributed by atoms with Gasteiger partial charge in [-0.15, -0.1) is 13.2 Å². The predicted molar refractivity (Wildman–Crippen MR) is 136 cm³/mol. The second-order valence-electron chi connectivity index (χ2n) is 10.1. The lowest BCUT2D eigenvalue weighted by Crippen LogP contribution is -2.80. The van der Waals surface area contributed by atoms with Crippen LogP contribution < -0.4 is 20.1 Å². The number of hydrogen-bond acceptors (Lipinski definition) is 10. The fraction of sp³-hybridized carbons (Fsp3) is 0.407. The second-order valence-corrected chi connectivity index (χ2v) is 10.1. The number of nitrogens with one attached hydrogen (secondary N) is 2. The zero-order chi connectivity index (χ0) is 30.1. The van der Waals surface area contributed by atoms with E-state index in [4.69, 9.17) is 14.2 Å². The molecule has 224 valence electrons. The highest BCUT2D eigenvalue weighted by atomic mass is 19.4. The summed E-state index contributed by atoms with van der Waals surface area (Å²) in [6.45, 7) is 4.01. The lowest BCUT2D eigenvalue weighted by Gasteiger charge is -2.59. The topological polar surface area (TPSA) is 136 Å². The van der Waals surface area contributed by atoms with E-state index in [1.807, 2.05) is 0 Å². The number of hydrogen-bond donors (Lipinski definition) is 2. The van der Waals surface area contributed by atoms with Gasteiger partial charge in [0.25, 0.3) is 11.8 Å². The average Bonchev–Trinajstić information content (AvgIpc) is 2.89. The van der Waals surface area contributed by atoms with Crippen molar-refractivity contribution in [2.45, 2.75) is 24.4 Å². The maximum absolute atomic E-state index is 13.4. The molecule has 15 heteroatoms. The van der Waals surface area contributed by atoms with E-state index >= 15 is 0 Å². The summed E-state index contributed by atoms with van der Waals surface area (Å²) in [6, 6.07) is 9.86. The Bertz CT molecular complexity index is 1340. The summed E-state index contributed by atoms with van der Waals surface area (Å²) in [5.41, 5.74) is -2.28. The Morgan fingerprint density at radius 2 is 1.50 bits per heavy atom. The summed E-state index contributed by atoms with van der Waals surface area (Å²) in [7, 11) is 0. The van der Waals surface area contributed by atoms with Crippen molar-refractivity contribution in [3.05, 3.63) is 54.1 Å². The van der Waals surface area contributed by atoms with E-state index < -0.39 is 41.1 Å². The van der Waals surface area contributed by atoms with E-state index in [-0.39, 0.29) is 42.7 Å². The number of carbonyl (C=O) groups is 4. The van der Waals surface area contributed by atoms with Crippen LogP contribution in [0.4, 0.5) is 18.0 Å². The van der Waals surface area contributed by atoms with E-state index in [0.717, 1.165) is 12.1 Å². The van der Waals surface area contributed by atoms with Gasteiger partial charge in [0.1, 0.15) is 29.5 Å². The van der Waals surface area contributed by atoms with E-state index in [1.54, 1.807) is 4.90 Å². The Labute approximate surface area is 237 Å². The second kappa shape index (κ2) is 11.2. The number of carbonyl (C=O) groups excluding carboxylic acids is 4. The molecule has 3 fully saturated rings. The van der Waals surface area contributed by atoms with Gasteiger partial charge < -0.3 is 18.9 Å². The number of halogens is 3. The van der Waals surface area contributed by atoms with Crippen LogP contribution in [0.15, 0.2) is 48.5 Å². The number of esters is 1. The van der Waals surface area contributed by atoms with Gasteiger partial charge in [0.15, 0.2) is 0 Å². The molecule has 0 bridgehead atoms. The zero-order valence-corrected chi connectivity index (χ0v) is 22.4. The Morgan fingerprint density at radius 1 is 0.929 bits per heavy atom. The zero-order valence-electron chi connectivity index (χ0n) is 22.4. The highest BCUT2D eigenvalue weighted by Gasteiger charge is 2.63. The van der Waals surface area contributed by atoms with Crippen LogP contribution in [0.25, 0.3) is 0 Å². The minimum absolute atomic E-state index is 0.205. The van der Waals surface area contributed by atoms with Crippen molar-refractivity contribution in [3.63, 3.8) is 0 Å². The number of ether oxygens (including phenoxy) is 4. The number of alkyl halides is 3. The minimum atomic E-state index is -4.82. The number of morpholine rings is 1. The first kappa shape index (κ1) is 29.3. The van der Waals surface area contributed by atoms with Crippen molar-refractivity contribution < 1.29 is 51.3 Å². The van der Waals surface area contributed by atoms with Gasteiger partial charge in [0, 0.05) is 39.6 Å². The fourth-order valence-electron chi connectivity index (χ4n) is 5.37. The number of benzene rings is 2. The van der Waals surface area contributed by atoms with Crippen LogP contribution in [-0.2, 0) is 29.4 Å². The molecule has 12 nitrogen and oxygen atoms in total. The summed E-state index contributed by atoms with van der Waals surface area (Å²) < 4.78 is 57.9. The maximum atomic E-state index is 13.4. The first-order chi connectivity index (χ1) is 19.9. The molecule has 2 N–H and O–H groups in total. The highest BCUT2D eigenvalue weighted by molar-refractivity contribution is 6.22. The molecule has 3 aliphatic rings. The van der Waals surface area contributed by atoms with E-state index in [9.17, 15) is 32.3 Å². The molecule has 0 aliphatic carbocycles. The molecular formula is C27H27F3N4O8. The molecule has 0 atom stereocenters. The SMILES string of the molecule is CC(=O)OCCN1CCOC2(C1)CN(C1(c3ccc(Oc4ccc(OC(F)(F)F)cc4)cc3)C(=O)NC(=O)NC1=O)C2. The van der Waals surface area contributed by atoms with Gasteiger partial charge in [0.05, 0.1) is 6.61 Å². The Kier molecular flexibility index (Phi) is 7.83. The Morgan fingerprint density at radius 3 is 2.07 bits per heavy atom. The molecule has 3 aliphatic heterocycles. The molecule has 3 saturated heterocycles. The third-order valence-electron chi connectivity index (χ3n) is 7.15. The quantitative estimate of drug-likeness (QED) is 0.346. The van der Waals surface area contributed by atoms with Crippen LogP contribution in [0.5, 0.6) is 17.2 Å². The third-order valence-corrected chi connectivity index (χ3v) is 7.15. The van der Waals surface area contributed by atoms with Crippen molar-refractivity contribution in [2.75, 3.05) is 45.9 Å². The number of nitrogens with zero attached hydrogens (tertiary/aromatic N) is 2. The van der Waals surface area contributed by atoms with Crippen LogP contribution in [-0.4, -0.2) is 91.5 Å². The van der Waals surface area contributed by atoms with Gasteiger partial charge in [-0.3, -0.25) is 34.8 Å². The molecule has 0 unspecified atom stereocenters. The summed E-state index contributed by atoms with van der Waals surface area (Å²) in [5, 5.41) is 4.38. The van der Waals surface area contributed by atoms with Gasteiger partial charge in [-0.05, 0) is 42.0 Å². The minimum Gasteiger partial charge on any atom is -0.465 e. The smallest absolute Gasteiger partial charge is 0.465 e. The average molecular weight is 593 g/mol. The van der Waals surface area contributed by atoms with Gasteiger partial charge in [-0.1, -0.05) is 12.1 Å². The van der Waals surface area contributed by atoms with E-state index in [0.29, 0.717) is 26.2 Å². The number of imide groups is 2.